The Hall–Kier alpha value is 0.714. The van der Waals surface area contributed by atoms with Gasteiger partial charge in [0.15, 0.2) is 0 Å². The van der Waals surface area contributed by atoms with Gasteiger partial charge >= 0.3 is 6.18 Å². The first-order valence-electron chi connectivity index (χ1n) is 8.66. The Morgan fingerprint density at radius 2 is 1.42 bits per heavy atom. The number of hydrogen-bond acceptors (Lipinski definition) is 1. The molecule has 4 fully saturated rings. The van der Waals surface area contributed by atoms with Crippen molar-refractivity contribution in [3.63, 3.8) is 0 Å². The third-order valence-corrected chi connectivity index (χ3v) is 8.20. The average Bonchev–Trinajstić information content (AvgIpc) is 3.16. The first kappa shape index (κ1) is 19.5. The zero-order valence-electron chi connectivity index (χ0n) is 13.8. The molecule has 10 atom stereocenters. The van der Waals surface area contributed by atoms with Crippen LogP contribution < -0.4 is 0 Å². The van der Waals surface area contributed by atoms with Crippen LogP contribution in [0.25, 0.3) is 0 Å². The fourth-order valence-corrected chi connectivity index (χ4v) is 7.23. The third-order valence-electron chi connectivity index (χ3n) is 8.20. The smallest absolute Gasteiger partial charge is 0.376 e. The summed E-state index contributed by atoms with van der Waals surface area (Å²) < 4.78 is 66.3. The zero-order valence-corrected chi connectivity index (χ0v) is 16.6. The minimum atomic E-state index is -5.28. The fourth-order valence-electron chi connectivity index (χ4n) is 7.23. The number of fused-ring (bicyclic) bond motifs is 9. The molecule has 4 aliphatic carbocycles. The Labute approximate surface area is 164 Å². The quantitative estimate of drug-likeness (QED) is 0.513. The molecule has 0 aromatic heterocycles. The van der Waals surface area contributed by atoms with Gasteiger partial charge in [-0.2, -0.15) is 13.2 Å². The SMILES string of the molecule is CC1C(C)C2CC1C1C3CC(C21)C(C(O)(C(F)F)C(F)(F)F)C3.[Y]. The maximum Gasteiger partial charge on any atom is 0.423 e. The second kappa shape index (κ2) is 5.85. The van der Waals surface area contributed by atoms with Crippen molar-refractivity contribution >= 4 is 0 Å². The summed E-state index contributed by atoms with van der Waals surface area (Å²) in [5.74, 6) is 0.806. The van der Waals surface area contributed by atoms with Gasteiger partial charge in [0.25, 0.3) is 6.43 Å². The number of alkyl halides is 5. The van der Waals surface area contributed by atoms with Crippen LogP contribution >= 0.6 is 0 Å². The van der Waals surface area contributed by atoms with Gasteiger partial charge in [0.1, 0.15) is 0 Å². The van der Waals surface area contributed by atoms with E-state index in [0.29, 0.717) is 36.0 Å². The molecule has 0 aromatic rings. The average molecular weight is 427 g/mol. The molecule has 4 rings (SSSR count). The van der Waals surface area contributed by atoms with Crippen molar-refractivity contribution < 1.29 is 59.8 Å². The van der Waals surface area contributed by atoms with E-state index in [0.717, 1.165) is 6.42 Å². The van der Waals surface area contributed by atoms with Gasteiger partial charge in [-0.25, -0.2) is 8.78 Å². The third kappa shape index (κ3) is 2.20. The Kier molecular flexibility index (Phi) is 4.75. The van der Waals surface area contributed by atoms with Crippen LogP contribution in [0.2, 0.25) is 0 Å². The predicted molar refractivity (Wildman–Crippen MR) is 73.6 cm³/mol. The molecule has 4 aliphatic rings. The molecule has 135 valence electrons. The molecule has 1 radical (unpaired) electrons. The van der Waals surface area contributed by atoms with Crippen LogP contribution in [0.5, 0.6) is 0 Å². The van der Waals surface area contributed by atoms with E-state index in [9.17, 15) is 27.1 Å². The van der Waals surface area contributed by atoms with Crippen LogP contribution in [0.4, 0.5) is 22.0 Å². The van der Waals surface area contributed by atoms with Crippen molar-refractivity contribution in [3.05, 3.63) is 0 Å². The molecule has 0 saturated heterocycles. The van der Waals surface area contributed by atoms with E-state index in [1.54, 1.807) is 0 Å². The molecule has 24 heavy (non-hydrogen) atoms. The van der Waals surface area contributed by atoms with Crippen LogP contribution in [0, 0.1) is 53.3 Å². The topological polar surface area (TPSA) is 20.2 Å². The van der Waals surface area contributed by atoms with E-state index >= 15 is 0 Å². The first-order valence-corrected chi connectivity index (χ1v) is 8.66. The number of rotatable bonds is 2. The summed E-state index contributed by atoms with van der Waals surface area (Å²) in [5, 5.41) is 9.98. The standard InChI is InChI=1S/C17H23F5O.Y/c1-6-7(2)10-5-9(6)13-8-3-11(14(10)13)12(4-8)16(23,15(18)19)17(20,21)22;/h6-15,23H,3-5H2,1-2H3;. The molecule has 10 unspecified atom stereocenters. The summed E-state index contributed by atoms with van der Waals surface area (Å²) in [6.07, 6.45) is -7.31. The van der Waals surface area contributed by atoms with Crippen molar-refractivity contribution in [2.24, 2.45) is 53.3 Å². The molecule has 1 N–H and O–H groups in total. The van der Waals surface area contributed by atoms with Gasteiger partial charge in [-0.1, -0.05) is 13.8 Å². The van der Waals surface area contributed by atoms with Crippen molar-refractivity contribution in [1.29, 1.82) is 0 Å². The molecular weight excluding hydrogens is 404 g/mol. The molecular formula is C17H23F5OY. The molecule has 1 nitrogen and oxygen atoms in total. The molecule has 4 bridgehead atoms. The summed E-state index contributed by atoms with van der Waals surface area (Å²) in [6, 6.07) is 0. The normalized spacial score (nSPS) is 51.6. The Bertz CT molecular complexity index is 512. The number of hydrogen-bond donors (Lipinski definition) is 1. The van der Waals surface area contributed by atoms with Crippen molar-refractivity contribution in [2.45, 2.75) is 51.3 Å². The van der Waals surface area contributed by atoms with Gasteiger partial charge in [0.05, 0.1) is 0 Å². The minimum absolute atomic E-state index is 0. The van der Waals surface area contributed by atoms with E-state index in [2.05, 4.69) is 13.8 Å². The molecule has 0 aliphatic heterocycles. The maximum atomic E-state index is 13.3. The second-order valence-electron chi connectivity index (χ2n) is 8.56. The summed E-state index contributed by atoms with van der Waals surface area (Å²) >= 11 is 0. The first-order chi connectivity index (χ1) is 10.6. The molecule has 0 spiro atoms. The Balaban J connectivity index is 0.00000169. The molecule has 0 heterocycles. The molecule has 0 aromatic carbocycles. The second-order valence-corrected chi connectivity index (χ2v) is 8.56. The summed E-state index contributed by atoms with van der Waals surface area (Å²) in [6.45, 7) is 4.37. The largest absolute Gasteiger partial charge is 0.423 e. The zero-order chi connectivity index (χ0) is 16.9. The van der Waals surface area contributed by atoms with Crippen LogP contribution in [-0.2, 0) is 32.7 Å². The van der Waals surface area contributed by atoms with Gasteiger partial charge < -0.3 is 5.11 Å². The van der Waals surface area contributed by atoms with Crippen LogP contribution in [0.15, 0.2) is 0 Å². The maximum absolute atomic E-state index is 13.3. The molecule has 0 amide bonds. The van der Waals surface area contributed by atoms with Crippen LogP contribution in [-0.4, -0.2) is 23.3 Å². The van der Waals surface area contributed by atoms with E-state index in [4.69, 9.17) is 0 Å². The van der Waals surface area contributed by atoms with Gasteiger partial charge in [-0.05, 0) is 66.6 Å². The fraction of sp³-hybridized carbons (Fsp3) is 1.00. The van der Waals surface area contributed by atoms with Gasteiger partial charge in [-0.15, -0.1) is 0 Å². The van der Waals surface area contributed by atoms with Gasteiger partial charge in [0.2, 0.25) is 5.60 Å². The van der Waals surface area contributed by atoms with E-state index in [-0.39, 0.29) is 51.0 Å². The minimum Gasteiger partial charge on any atom is -0.376 e. The van der Waals surface area contributed by atoms with E-state index < -0.39 is 30.0 Å². The summed E-state index contributed by atoms with van der Waals surface area (Å²) in [5.41, 5.74) is -3.84. The molecule has 7 heteroatoms. The van der Waals surface area contributed by atoms with E-state index in [1.807, 2.05) is 0 Å². The van der Waals surface area contributed by atoms with Gasteiger partial charge in [-0.3, -0.25) is 0 Å². The number of aliphatic hydroxyl groups is 1. The molecule has 4 saturated carbocycles. The van der Waals surface area contributed by atoms with E-state index in [1.165, 1.54) is 0 Å². The van der Waals surface area contributed by atoms with Crippen molar-refractivity contribution in [2.75, 3.05) is 0 Å². The van der Waals surface area contributed by atoms with Crippen LogP contribution in [0.1, 0.15) is 33.1 Å². The van der Waals surface area contributed by atoms with Crippen LogP contribution in [0.3, 0.4) is 0 Å². The van der Waals surface area contributed by atoms with Crippen molar-refractivity contribution in [1.82, 2.24) is 0 Å². The summed E-state index contributed by atoms with van der Waals surface area (Å²) in [4.78, 5) is 0. The predicted octanol–water partition coefficient (Wildman–Crippen LogP) is 4.35. The van der Waals surface area contributed by atoms with Crippen molar-refractivity contribution in [3.8, 4) is 0 Å². The monoisotopic (exact) mass is 427 g/mol. The Morgan fingerprint density at radius 3 is 1.92 bits per heavy atom. The van der Waals surface area contributed by atoms with Gasteiger partial charge in [0, 0.05) is 38.6 Å². The number of halogens is 5. The Morgan fingerprint density at radius 1 is 0.875 bits per heavy atom. The summed E-state index contributed by atoms with van der Waals surface area (Å²) in [7, 11) is 0.